The summed E-state index contributed by atoms with van der Waals surface area (Å²) in [5, 5.41) is 14.8. The van der Waals surface area contributed by atoms with Crippen LogP contribution in [0.2, 0.25) is 0 Å². The number of rotatable bonds is 6. The first-order chi connectivity index (χ1) is 14.8. The molecule has 0 amide bonds. The van der Waals surface area contributed by atoms with E-state index in [9.17, 15) is 0 Å². The van der Waals surface area contributed by atoms with Crippen molar-refractivity contribution in [1.29, 1.82) is 0 Å². The zero-order chi connectivity index (χ0) is 22.9. The van der Waals surface area contributed by atoms with Crippen molar-refractivity contribution >= 4 is 11.9 Å². The van der Waals surface area contributed by atoms with Crippen LogP contribution in [-0.4, -0.2) is 57.1 Å². The van der Waals surface area contributed by atoms with Gasteiger partial charge >= 0.3 is 11.9 Å². The van der Waals surface area contributed by atoms with Gasteiger partial charge in [-0.25, -0.2) is 9.59 Å². The van der Waals surface area contributed by atoms with Crippen molar-refractivity contribution in [2.45, 2.75) is 63.3 Å². The molecule has 1 saturated carbocycles. The second kappa shape index (κ2) is 13.7. The molecular weight excluding hydrogens is 422 g/mol. The van der Waals surface area contributed by atoms with Gasteiger partial charge in [0, 0.05) is 17.5 Å². The van der Waals surface area contributed by atoms with Crippen LogP contribution in [-0.2, 0) is 21.4 Å². The zero-order valence-corrected chi connectivity index (χ0v) is 19.9. The van der Waals surface area contributed by atoms with Gasteiger partial charge in [-0.2, -0.15) is 0 Å². The highest BCUT2D eigenvalue weighted by Gasteiger charge is 2.51. The third-order valence-corrected chi connectivity index (χ3v) is 7.03. The first-order valence-corrected chi connectivity index (χ1v) is 11.0. The molecule has 0 radical (unpaired) electrons. The summed E-state index contributed by atoms with van der Waals surface area (Å²) in [6.45, 7) is 6.04. The Labute approximate surface area is 196 Å². The van der Waals surface area contributed by atoms with Crippen molar-refractivity contribution in [3.63, 3.8) is 0 Å². The fourth-order valence-corrected chi connectivity index (χ4v) is 5.23. The minimum atomic E-state index is -1.82. The molecular formula is C26H39NO6. The molecule has 2 aromatic carbocycles. The molecule has 1 fully saturated rings. The third-order valence-electron chi connectivity index (χ3n) is 7.03. The Morgan fingerprint density at radius 2 is 1.36 bits per heavy atom. The molecule has 0 bridgehead atoms. The van der Waals surface area contributed by atoms with Crippen LogP contribution in [0.3, 0.4) is 0 Å². The van der Waals surface area contributed by atoms with Crippen LogP contribution in [0, 0.1) is 0 Å². The number of likely N-dealkylation sites (N-methyl/N-ethyl adjacent to an activating group) is 1. The summed E-state index contributed by atoms with van der Waals surface area (Å²) < 4.78 is 0. The second-order valence-corrected chi connectivity index (χ2v) is 8.56. The van der Waals surface area contributed by atoms with Crippen LogP contribution in [0.25, 0.3) is 0 Å². The standard InChI is InChI=1S/C24H33N.C2H2O4.2H2O/c1-4-24(25(3)20-17-21-13-7-5-8-14-21)19-12-11-18-23(24,2)22-15-9-6-10-16-22;3-1(4)2(5)6;;/h5-10,13-16H,4,11-12,17-20H2,1-3H3;(H,3,4)(H,5,6);2*1H2. The van der Waals surface area contributed by atoms with E-state index < -0.39 is 11.9 Å². The number of benzene rings is 2. The van der Waals surface area contributed by atoms with Gasteiger partial charge in [0.15, 0.2) is 0 Å². The lowest BCUT2D eigenvalue weighted by Gasteiger charge is -2.57. The van der Waals surface area contributed by atoms with Crippen LogP contribution in [0.15, 0.2) is 60.7 Å². The van der Waals surface area contributed by atoms with Crippen molar-refractivity contribution < 1.29 is 30.8 Å². The van der Waals surface area contributed by atoms with E-state index in [1.54, 1.807) is 0 Å². The number of aliphatic carboxylic acids is 2. The zero-order valence-electron chi connectivity index (χ0n) is 19.9. The van der Waals surface area contributed by atoms with E-state index in [1.165, 1.54) is 43.2 Å². The summed E-state index contributed by atoms with van der Waals surface area (Å²) in [6.07, 6.45) is 7.64. The Morgan fingerprint density at radius 3 is 1.85 bits per heavy atom. The quantitative estimate of drug-likeness (QED) is 0.635. The Bertz CT molecular complexity index is 832. The smallest absolute Gasteiger partial charge is 0.414 e. The van der Waals surface area contributed by atoms with E-state index in [-0.39, 0.29) is 21.9 Å². The first-order valence-electron chi connectivity index (χ1n) is 11.0. The highest BCUT2D eigenvalue weighted by molar-refractivity contribution is 6.27. The van der Waals surface area contributed by atoms with Gasteiger partial charge in [0.2, 0.25) is 0 Å². The molecule has 2 atom stereocenters. The molecule has 3 rings (SSSR count). The summed E-state index contributed by atoms with van der Waals surface area (Å²) >= 11 is 0. The summed E-state index contributed by atoms with van der Waals surface area (Å²) in [4.78, 5) is 20.9. The lowest BCUT2D eigenvalue weighted by atomic mass is 9.57. The fraction of sp³-hybridized carbons (Fsp3) is 0.462. The van der Waals surface area contributed by atoms with Crippen LogP contribution in [0.1, 0.15) is 57.1 Å². The van der Waals surface area contributed by atoms with Gasteiger partial charge in [0.05, 0.1) is 0 Å². The molecule has 184 valence electrons. The van der Waals surface area contributed by atoms with Crippen molar-refractivity contribution in [2.24, 2.45) is 0 Å². The van der Waals surface area contributed by atoms with E-state index in [1.807, 2.05) is 0 Å². The fourth-order valence-electron chi connectivity index (χ4n) is 5.23. The van der Waals surface area contributed by atoms with Gasteiger partial charge in [0.1, 0.15) is 0 Å². The lowest BCUT2D eigenvalue weighted by molar-refractivity contribution is -0.159. The average molecular weight is 462 g/mol. The van der Waals surface area contributed by atoms with E-state index >= 15 is 0 Å². The molecule has 0 saturated heterocycles. The first kappa shape index (κ1) is 30.3. The number of hydrogen-bond donors (Lipinski definition) is 2. The monoisotopic (exact) mass is 461 g/mol. The average Bonchev–Trinajstić information content (AvgIpc) is 2.79. The maximum atomic E-state index is 9.10. The van der Waals surface area contributed by atoms with E-state index in [2.05, 4.69) is 86.5 Å². The van der Waals surface area contributed by atoms with Gasteiger partial charge in [-0.15, -0.1) is 0 Å². The topological polar surface area (TPSA) is 141 Å². The van der Waals surface area contributed by atoms with Crippen molar-refractivity contribution in [1.82, 2.24) is 4.90 Å². The summed E-state index contributed by atoms with van der Waals surface area (Å²) in [6, 6.07) is 22.2. The molecule has 2 unspecified atom stereocenters. The number of carbonyl (C=O) groups is 2. The van der Waals surface area contributed by atoms with Gasteiger partial charge < -0.3 is 21.2 Å². The Hall–Kier alpha value is -2.74. The van der Waals surface area contributed by atoms with E-state index in [0.717, 1.165) is 13.0 Å². The molecule has 2 aromatic rings. The van der Waals surface area contributed by atoms with Crippen molar-refractivity contribution in [3.8, 4) is 0 Å². The number of carboxylic acids is 2. The van der Waals surface area contributed by atoms with Gasteiger partial charge in [0.25, 0.3) is 0 Å². The molecule has 1 aliphatic carbocycles. The summed E-state index contributed by atoms with van der Waals surface area (Å²) in [5.74, 6) is -3.65. The maximum absolute atomic E-state index is 9.10. The highest BCUT2D eigenvalue weighted by Crippen LogP contribution is 2.50. The Morgan fingerprint density at radius 1 is 0.879 bits per heavy atom. The molecule has 0 spiro atoms. The number of nitrogens with zero attached hydrogens (tertiary/aromatic N) is 1. The molecule has 7 nitrogen and oxygen atoms in total. The molecule has 33 heavy (non-hydrogen) atoms. The number of carboxylic acid groups (broad SMARTS) is 2. The summed E-state index contributed by atoms with van der Waals surface area (Å²) in [7, 11) is 2.36. The van der Waals surface area contributed by atoms with Crippen LogP contribution < -0.4 is 0 Å². The van der Waals surface area contributed by atoms with Crippen LogP contribution in [0.4, 0.5) is 0 Å². The lowest BCUT2D eigenvalue weighted by Crippen LogP contribution is -2.61. The third kappa shape index (κ3) is 7.12. The van der Waals surface area contributed by atoms with Gasteiger partial charge in [-0.3, -0.25) is 4.90 Å². The summed E-state index contributed by atoms with van der Waals surface area (Å²) in [5.41, 5.74) is 3.44. The minimum Gasteiger partial charge on any atom is -0.473 e. The molecule has 0 heterocycles. The predicted molar refractivity (Wildman–Crippen MR) is 131 cm³/mol. The normalized spacial score (nSPS) is 21.6. The van der Waals surface area contributed by atoms with Gasteiger partial charge in [-0.1, -0.05) is 87.4 Å². The second-order valence-electron chi connectivity index (χ2n) is 8.56. The molecule has 0 aliphatic heterocycles. The largest absolute Gasteiger partial charge is 0.473 e. The number of hydrogen-bond acceptors (Lipinski definition) is 3. The Balaban J connectivity index is 0.00000114. The maximum Gasteiger partial charge on any atom is 0.414 e. The highest BCUT2D eigenvalue weighted by atomic mass is 16.4. The SMILES string of the molecule is CCC1(N(C)CCc2ccccc2)CCCCC1(C)c1ccccc1.O.O.O=C(O)C(=O)O. The molecule has 7 heteroatoms. The molecule has 1 aliphatic rings. The van der Waals surface area contributed by atoms with Crippen LogP contribution >= 0.6 is 0 Å². The van der Waals surface area contributed by atoms with Crippen molar-refractivity contribution in [3.05, 3.63) is 71.8 Å². The molecule has 0 aromatic heterocycles. The van der Waals surface area contributed by atoms with Gasteiger partial charge in [-0.05, 0) is 43.9 Å². The van der Waals surface area contributed by atoms with Crippen LogP contribution in [0.5, 0.6) is 0 Å². The molecule has 6 N–H and O–H groups in total. The van der Waals surface area contributed by atoms with E-state index in [0.29, 0.717) is 0 Å². The predicted octanol–water partition coefficient (Wildman–Crippen LogP) is 3.35. The van der Waals surface area contributed by atoms with Crippen molar-refractivity contribution in [2.75, 3.05) is 13.6 Å². The minimum absolute atomic E-state index is 0. The van der Waals surface area contributed by atoms with E-state index in [4.69, 9.17) is 19.8 Å². The Kier molecular flexibility index (Phi) is 12.6.